The van der Waals surface area contributed by atoms with Crippen LogP contribution < -0.4 is 10.1 Å². The van der Waals surface area contributed by atoms with Crippen LogP contribution in [0, 0.1) is 5.82 Å². The minimum atomic E-state index is -0.704. The number of ketones is 1. The summed E-state index contributed by atoms with van der Waals surface area (Å²) in [5, 5.41) is 13.2. The predicted molar refractivity (Wildman–Crippen MR) is 87.9 cm³/mol. The molecule has 0 saturated heterocycles. The minimum absolute atomic E-state index is 0.0563. The normalized spacial score (nSPS) is 16.4. The average Bonchev–Trinajstić information content (AvgIpc) is 2.88. The molecule has 4 nitrogen and oxygen atoms in total. The van der Waals surface area contributed by atoms with Gasteiger partial charge in [0, 0.05) is 30.1 Å². The second-order valence-corrected chi connectivity index (χ2v) is 6.87. The molecule has 23 heavy (non-hydrogen) atoms. The van der Waals surface area contributed by atoms with Crippen LogP contribution in [0.25, 0.3) is 5.57 Å². The third-order valence-corrected chi connectivity index (χ3v) is 3.56. The summed E-state index contributed by atoms with van der Waals surface area (Å²) in [5.41, 5.74) is 1.47. The van der Waals surface area contributed by atoms with E-state index in [1.165, 1.54) is 12.1 Å². The van der Waals surface area contributed by atoms with Gasteiger partial charge in [-0.2, -0.15) is 0 Å². The Morgan fingerprint density at radius 3 is 2.70 bits per heavy atom. The Balaban J connectivity index is 2.03. The van der Waals surface area contributed by atoms with Gasteiger partial charge in [0.15, 0.2) is 5.78 Å². The maximum absolute atomic E-state index is 13.5. The molecule has 1 atom stereocenters. The van der Waals surface area contributed by atoms with E-state index in [0.29, 0.717) is 30.7 Å². The summed E-state index contributed by atoms with van der Waals surface area (Å²) >= 11 is 0. The molecule has 0 saturated carbocycles. The number of aliphatic hydroxyl groups is 1. The van der Waals surface area contributed by atoms with E-state index in [4.69, 9.17) is 4.74 Å². The number of nitrogens with one attached hydrogen (secondary N) is 1. The lowest BCUT2D eigenvalue weighted by Crippen LogP contribution is -2.42. The topological polar surface area (TPSA) is 58.6 Å². The maximum Gasteiger partial charge on any atom is 0.156 e. The number of ether oxygens (including phenoxy) is 1. The molecule has 2 N–H and O–H groups in total. The Morgan fingerprint density at radius 1 is 1.35 bits per heavy atom. The standard InChI is InChI=1S/C18H24FNO3/c1-18(2,3)20-10-15(22)11-23-17-9-13(19)5-7-16(17)12-4-6-14(21)8-12/h5,7-9,15,20,22H,4,6,10-11H2,1-3H3. The van der Waals surface area contributed by atoms with Crippen molar-refractivity contribution in [2.75, 3.05) is 13.2 Å². The lowest BCUT2D eigenvalue weighted by atomic mass is 10.0. The number of carbonyl (C=O) groups is 1. The molecule has 1 aromatic rings. The van der Waals surface area contributed by atoms with E-state index >= 15 is 0 Å². The lowest BCUT2D eigenvalue weighted by Gasteiger charge is -2.23. The first-order valence-corrected chi connectivity index (χ1v) is 7.84. The molecule has 0 spiro atoms. The first-order valence-electron chi connectivity index (χ1n) is 7.84. The van der Waals surface area contributed by atoms with Crippen molar-refractivity contribution < 1.29 is 19.0 Å². The van der Waals surface area contributed by atoms with Crippen LogP contribution in [0.3, 0.4) is 0 Å². The van der Waals surface area contributed by atoms with Gasteiger partial charge in [0.05, 0.1) is 0 Å². The van der Waals surface area contributed by atoms with Crippen molar-refractivity contribution in [1.82, 2.24) is 5.32 Å². The second kappa shape index (κ2) is 7.23. The molecule has 0 fully saturated rings. The van der Waals surface area contributed by atoms with E-state index in [1.54, 1.807) is 12.1 Å². The van der Waals surface area contributed by atoms with E-state index in [0.717, 1.165) is 5.57 Å². The third-order valence-electron chi connectivity index (χ3n) is 3.56. The summed E-state index contributed by atoms with van der Waals surface area (Å²) in [4.78, 5) is 11.4. The van der Waals surface area contributed by atoms with Crippen LogP contribution in [0.5, 0.6) is 5.75 Å². The molecule has 1 aliphatic rings. The molecule has 1 aliphatic carbocycles. The van der Waals surface area contributed by atoms with Crippen molar-refractivity contribution in [2.24, 2.45) is 0 Å². The largest absolute Gasteiger partial charge is 0.490 e. The maximum atomic E-state index is 13.5. The van der Waals surface area contributed by atoms with Crippen LogP contribution in [0.15, 0.2) is 24.3 Å². The van der Waals surface area contributed by atoms with Crippen molar-refractivity contribution in [2.45, 2.75) is 45.3 Å². The molecule has 5 heteroatoms. The Labute approximate surface area is 136 Å². The smallest absolute Gasteiger partial charge is 0.156 e. The van der Waals surface area contributed by atoms with Crippen LogP contribution >= 0.6 is 0 Å². The number of halogens is 1. The van der Waals surface area contributed by atoms with Gasteiger partial charge in [0.25, 0.3) is 0 Å². The van der Waals surface area contributed by atoms with Crippen molar-refractivity contribution in [3.05, 3.63) is 35.7 Å². The van der Waals surface area contributed by atoms with Gasteiger partial charge in [0.2, 0.25) is 0 Å². The number of hydrogen-bond donors (Lipinski definition) is 2. The molecule has 0 heterocycles. The number of hydrogen-bond acceptors (Lipinski definition) is 4. The minimum Gasteiger partial charge on any atom is -0.490 e. The fourth-order valence-corrected chi connectivity index (χ4v) is 2.36. The van der Waals surface area contributed by atoms with Gasteiger partial charge >= 0.3 is 0 Å². The Bertz CT molecular complexity index is 605. The van der Waals surface area contributed by atoms with E-state index in [2.05, 4.69) is 5.32 Å². The van der Waals surface area contributed by atoms with E-state index in [1.807, 2.05) is 20.8 Å². The molecule has 0 aromatic heterocycles. The van der Waals surface area contributed by atoms with Gasteiger partial charge in [-0.3, -0.25) is 4.79 Å². The Morgan fingerprint density at radius 2 is 2.09 bits per heavy atom. The zero-order chi connectivity index (χ0) is 17.0. The van der Waals surface area contributed by atoms with E-state index in [-0.39, 0.29) is 17.9 Å². The molecular formula is C18H24FNO3. The predicted octanol–water partition coefficient (Wildman–Crippen LogP) is 2.70. The molecule has 0 amide bonds. The van der Waals surface area contributed by atoms with Crippen LogP contribution in [-0.4, -0.2) is 35.7 Å². The number of carbonyl (C=O) groups excluding carboxylic acids is 1. The van der Waals surface area contributed by atoms with Crippen LogP contribution in [0.1, 0.15) is 39.2 Å². The summed E-state index contributed by atoms with van der Waals surface area (Å²) in [5.74, 6) is 0.0291. The van der Waals surface area contributed by atoms with Crippen molar-refractivity contribution in [3.8, 4) is 5.75 Å². The van der Waals surface area contributed by atoms with Crippen LogP contribution in [0.2, 0.25) is 0 Å². The summed E-state index contributed by atoms with van der Waals surface area (Å²) in [6.45, 7) is 6.47. The molecule has 0 radical (unpaired) electrons. The SMILES string of the molecule is CC(C)(C)NCC(O)COc1cc(F)ccc1C1=CC(=O)CC1. The van der Waals surface area contributed by atoms with Crippen LogP contribution in [-0.2, 0) is 4.79 Å². The summed E-state index contributed by atoms with van der Waals surface area (Å²) in [7, 11) is 0. The first-order chi connectivity index (χ1) is 10.7. The molecule has 1 unspecified atom stereocenters. The molecular weight excluding hydrogens is 297 g/mol. The highest BCUT2D eigenvalue weighted by atomic mass is 19.1. The number of aliphatic hydroxyl groups excluding tert-OH is 1. The van der Waals surface area contributed by atoms with Gasteiger partial charge in [-0.15, -0.1) is 0 Å². The van der Waals surface area contributed by atoms with Crippen molar-refractivity contribution in [3.63, 3.8) is 0 Å². The zero-order valence-electron chi connectivity index (χ0n) is 13.9. The van der Waals surface area contributed by atoms with Gasteiger partial charge < -0.3 is 15.2 Å². The Hall–Kier alpha value is -1.72. The highest BCUT2D eigenvalue weighted by Crippen LogP contribution is 2.33. The van der Waals surface area contributed by atoms with Gasteiger partial charge in [-0.25, -0.2) is 4.39 Å². The van der Waals surface area contributed by atoms with Gasteiger partial charge in [-0.05, 0) is 51.0 Å². The highest BCUT2D eigenvalue weighted by molar-refractivity contribution is 6.02. The summed E-state index contributed by atoms with van der Waals surface area (Å²) in [6, 6.07) is 4.27. The third kappa shape index (κ3) is 5.44. The van der Waals surface area contributed by atoms with E-state index < -0.39 is 11.9 Å². The fourth-order valence-electron chi connectivity index (χ4n) is 2.36. The Kier molecular flexibility index (Phi) is 5.55. The average molecular weight is 321 g/mol. The summed E-state index contributed by atoms with van der Waals surface area (Å²) in [6.07, 6.45) is 1.99. The fraction of sp³-hybridized carbons (Fsp3) is 0.500. The lowest BCUT2D eigenvalue weighted by molar-refractivity contribution is -0.114. The quantitative estimate of drug-likeness (QED) is 0.846. The molecule has 126 valence electrons. The van der Waals surface area contributed by atoms with Crippen LogP contribution in [0.4, 0.5) is 4.39 Å². The number of benzene rings is 1. The number of allylic oxidation sites excluding steroid dienone is 2. The van der Waals surface area contributed by atoms with Gasteiger partial charge in [0.1, 0.15) is 24.3 Å². The summed E-state index contributed by atoms with van der Waals surface area (Å²) < 4.78 is 19.1. The second-order valence-electron chi connectivity index (χ2n) is 6.87. The van der Waals surface area contributed by atoms with Gasteiger partial charge in [-0.1, -0.05) is 0 Å². The first kappa shape index (κ1) is 17.6. The van der Waals surface area contributed by atoms with E-state index in [9.17, 15) is 14.3 Å². The molecule has 0 bridgehead atoms. The number of β-amino-alcohol motifs (C(OH)–C–C–N with tert-alkyl or cyclic N) is 1. The molecule has 1 aromatic carbocycles. The van der Waals surface area contributed by atoms with Crippen molar-refractivity contribution in [1.29, 1.82) is 0 Å². The molecule has 2 rings (SSSR count). The highest BCUT2D eigenvalue weighted by Gasteiger charge is 2.19. The van der Waals surface area contributed by atoms with Crippen molar-refractivity contribution >= 4 is 11.4 Å². The number of rotatable bonds is 6. The zero-order valence-corrected chi connectivity index (χ0v) is 13.9. The monoisotopic (exact) mass is 321 g/mol. The molecule has 0 aliphatic heterocycles.